The highest BCUT2D eigenvalue weighted by molar-refractivity contribution is 6.09. The van der Waals surface area contributed by atoms with E-state index in [1.165, 1.54) is 16.8 Å². The van der Waals surface area contributed by atoms with Crippen molar-refractivity contribution < 1.29 is 4.79 Å². The van der Waals surface area contributed by atoms with Crippen molar-refractivity contribution >= 4 is 28.7 Å². The summed E-state index contributed by atoms with van der Waals surface area (Å²) in [7, 11) is 1.91. The standard InChI is InChI=1S/C26H28N4O/c1-17-12-14-30(25-6-4-3-5-23(25)29-17)26(31)20-7-9-21(24(16-20)27-2)18-8-10-22-19(15-18)11-13-28-22/h3-10,15-17,27-29H,11-14H2,1-2H3. The Morgan fingerprint density at radius 2 is 1.94 bits per heavy atom. The molecule has 3 aromatic rings. The minimum Gasteiger partial charge on any atom is -0.388 e. The van der Waals surface area contributed by atoms with Gasteiger partial charge in [0.2, 0.25) is 0 Å². The maximum absolute atomic E-state index is 13.6. The molecule has 3 aromatic carbocycles. The van der Waals surface area contributed by atoms with Gasteiger partial charge < -0.3 is 20.9 Å². The average molecular weight is 413 g/mol. The first-order valence-electron chi connectivity index (χ1n) is 11.0. The Kier molecular flexibility index (Phi) is 5.02. The number of hydrogen-bond acceptors (Lipinski definition) is 4. The molecule has 2 aliphatic rings. The maximum atomic E-state index is 13.6. The fourth-order valence-electron chi connectivity index (χ4n) is 4.59. The topological polar surface area (TPSA) is 56.4 Å². The van der Waals surface area contributed by atoms with Gasteiger partial charge in [0.1, 0.15) is 0 Å². The first-order valence-corrected chi connectivity index (χ1v) is 11.0. The van der Waals surface area contributed by atoms with Crippen LogP contribution in [0.4, 0.5) is 22.7 Å². The van der Waals surface area contributed by atoms with Crippen molar-refractivity contribution in [3.05, 3.63) is 71.8 Å². The van der Waals surface area contributed by atoms with Gasteiger partial charge in [-0.2, -0.15) is 0 Å². The van der Waals surface area contributed by atoms with E-state index in [-0.39, 0.29) is 5.91 Å². The molecule has 0 fully saturated rings. The van der Waals surface area contributed by atoms with E-state index in [1.807, 2.05) is 48.3 Å². The molecule has 158 valence electrons. The van der Waals surface area contributed by atoms with E-state index in [0.717, 1.165) is 42.0 Å². The molecular weight excluding hydrogens is 384 g/mol. The van der Waals surface area contributed by atoms with Crippen molar-refractivity contribution in [1.82, 2.24) is 0 Å². The van der Waals surface area contributed by atoms with Gasteiger partial charge in [0.25, 0.3) is 5.91 Å². The summed E-state index contributed by atoms with van der Waals surface area (Å²) in [5.74, 6) is 0.0320. The van der Waals surface area contributed by atoms with Gasteiger partial charge in [-0.1, -0.05) is 24.3 Å². The predicted octanol–water partition coefficient (Wildman–Crippen LogP) is 5.21. The molecule has 3 N–H and O–H groups in total. The lowest BCUT2D eigenvalue weighted by Gasteiger charge is -2.23. The normalized spacial score (nSPS) is 17.1. The third kappa shape index (κ3) is 3.61. The van der Waals surface area contributed by atoms with Crippen molar-refractivity contribution in [2.45, 2.75) is 25.8 Å². The third-order valence-electron chi connectivity index (χ3n) is 6.29. The fourth-order valence-corrected chi connectivity index (χ4v) is 4.59. The van der Waals surface area contributed by atoms with Gasteiger partial charge in [0, 0.05) is 48.7 Å². The Hall–Kier alpha value is -3.47. The van der Waals surface area contributed by atoms with E-state index in [1.54, 1.807) is 0 Å². The van der Waals surface area contributed by atoms with Crippen molar-refractivity contribution in [3.8, 4) is 11.1 Å². The van der Waals surface area contributed by atoms with E-state index >= 15 is 0 Å². The minimum atomic E-state index is 0.0320. The molecule has 1 atom stereocenters. The summed E-state index contributed by atoms with van der Waals surface area (Å²) in [4.78, 5) is 15.5. The zero-order chi connectivity index (χ0) is 21.4. The average Bonchev–Trinajstić information content (AvgIpc) is 3.20. The highest BCUT2D eigenvalue weighted by Crippen LogP contribution is 2.35. The molecule has 0 spiro atoms. The molecule has 0 saturated carbocycles. The Labute approximate surface area is 183 Å². The van der Waals surface area contributed by atoms with Crippen LogP contribution in [0.3, 0.4) is 0 Å². The van der Waals surface area contributed by atoms with Crippen LogP contribution in [-0.2, 0) is 6.42 Å². The van der Waals surface area contributed by atoms with Gasteiger partial charge in [-0.05, 0) is 67.3 Å². The summed E-state index contributed by atoms with van der Waals surface area (Å²) in [5.41, 5.74) is 8.47. The summed E-state index contributed by atoms with van der Waals surface area (Å²) in [6.45, 7) is 3.85. The SMILES string of the molecule is CNc1cc(C(=O)N2CCC(C)Nc3ccccc32)ccc1-c1ccc2c(c1)CCN2. The number of rotatable bonds is 3. The number of nitrogens with one attached hydrogen (secondary N) is 3. The van der Waals surface area contributed by atoms with Crippen LogP contribution in [0.2, 0.25) is 0 Å². The summed E-state index contributed by atoms with van der Waals surface area (Å²) >= 11 is 0. The minimum absolute atomic E-state index is 0.0320. The largest absolute Gasteiger partial charge is 0.388 e. The summed E-state index contributed by atoms with van der Waals surface area (Å²) in [6.07, 6.45) is 1.95. The second-order valence-corrected chi connectivity index (χ2v) is 8.37. The molecule has 0 aliphatic carbocycles. The molecule has 5 nitrogen and oxygen atoms in total. The van der Waals surface area contributed by atoms with E-state index in [9.17, 15) is 4.79 Å². The van der Waals surface area contributed by atoms with Gasteiger partial charge in [-0.3, -0.25) is 4.79 Å². The zero-order valence-electron chi connectivity index (χ0n) is 18.0. The number of anilines is 4. The lowest BCUT2D eigenvalue weighted by Crippen LogP contribution is -2.32. The Bertz CT molecular complexity index is 1140. The molecule has 0 radical (unpaired) electrons. The number of hydrogen-bond donors (Lipinski definition) is 3. The first kappa shape index (κ1) is 19.5. The molecule has 5 rings (SSSR count). The highest BCUT2D eigenvalue weighted by Gasteiger charge is 2.25. The monoisotopic (exact) mass is 412 g/mol. The van der Waals surface area contributed by atoms with Crippen LogP contribution in [0.1, 0.15) is 29.3 Å². The Balaban J connectivity index is 1.49. The number of fused-ring (bicyclic) bond motifs is 2. The molecular formula is C26H28N4O. The highest BCUT2D eigenvalue weighted by atomic mass is 16.2. The molecule has 2 heterocycles. The van der Waals surface area contributed by atoms with Crippen molar-refractivity contribution in [1.29, 1.82) is 0 Å². The third-order valence-corrected chi connectivity index (χ3v) is 6.29. The lowest BCUT2D eigenvalue weighted by atomic mass is 9.98. The van der Waals surface area contributed by atoms with Gasteiger partial charge in [0.05, 0.1) is 11.4 Å². The van der Waals surface area contributed by atoms with Crippen LogP contribution in [-0.4, -0.2) is 32.1 Å². The molecule has 1 unspecified atom stereocenters. The number of carbonyl (C=O) groups excluding carboxylic acids is 1. The molecule has 1 amide bonds. The number of carbonyl (C=O) groups is 1. The van der Waals surface area contributed by atoms with Gasteiger partial charge in [0.15, 0.2) is 0 Å². The molecule has 5 heteroatoms. The van der Waals surface area contributed by atoms with Crippen LogP contribution < -0.4 is 20.9 Å². The van der Waals surface area contributed by atoms with Gasteiger partial charge in [-0.25, -0.2) is 0 Å². The van der Waals surface area contributed by atoms with E-state index < -0.39 is 0 Å². The molecule has 0 aromatic heterocycles. The Morgan fingerprint density at radius 1 is 1.06 bits per heavy atom. The summed E-state index contributed by atoms with van der Waals surface area (Å²) in [5, 5.41) is 10.2. The van der Waals surface area contributed by atoms with Crippen LogP contribution in [0.5, 0.6) is 0 Å². The summed E-state index contributed by atoms with van der Waals surface area (Å²) < 4.78 is 0. The molecule has 31 heavy (non-hydrogen) atoms. The van der Waals surface area contributed by atoms with Crippen LogP contribution in [0, 0.1) is 0 Å². The quantitative estimate of drug-likeness (QED) is 0.552. The molecule has 2 aliphatic heterocycles. The first-order chi connectivity index (χ1) is 15.1. The van der Waals surface area contributed by atoms with Gasteiger partial charge >= 0.3 is 0 Å². The number of para-hydroxylation sites is 2. The second kappa shape index (κ2) is 7.99. The van der Waals surface area contributed by atoms with E-state index in [4.69, 9.17) is 0 Å². The lowest BCUT2D eigenvalue weighted by molar-refractivity contribution is 0.0987. The van der Waals surface area contributed by atoms with Gasteiger partial charge in [-0.15, -0.1) is 0 Å². The van der Waals surface area contributed by atoms with Crippen molar-refractivity contribution in [2.24, 2.45) is 0 Å². The molecule has 0 saturated heterocycles. The maximum Gasteiger partial charge on any atom is 0.258 e. The predicted molar refractivity (Wildman–Crippen MR) is 129 cm³/mol. The van der Waals surface area contributed by atoms with Crippen molar-refractivity contribution in [3.63, 3.8) is 0 Å². The Morgan fingerprint density at radius 3 is 2.81 bits per heavy atom. The van der Waals surface area contributed by atoms with Crippen LogP contribution in [0.15, 0.2) is 60.7 Å². The number of amides is 1. The fraction of sp³-hybridized carbons (Fsp3) is 0.269. The second-order valence-electron chi connectivity index (χ2n) is 8.37. The number of benzene rings is 3. The summed E-state index contributed by atoms with van der Waals surface area (Å²) in [6, 6.07) is 20.9. The van der Waals surface area contributed by atoms with Crippen LogP contribution >= 0.6 is 0 Å². The zero-order valence-corrected chi connectivity index (χ0v) is 18.0. The van der Waals surface area contributed by atoms with E-state index in [2.05, 4.69) is 47.1 Å². The van der Waals surface area contributed by atoms with Crippen molar-refractivity contribution in [2.75, 3.05) is 41.0 Å². The van der Waals surface area contributed by atoms with E-state index in [0.29, 0.717) is 18.2 Å². The molecule has 0 bridgehead atoms. The smallest absolute Gasteiger partial charge is 0.258 e. The van der Waals surface area contributed by atoms with Crippen LogP contribution in [0.25, 0.3) is 11.1 Å². The number of nitrogens with zero attached hydrogens (tertiary/aromatic N) is 1.